The average Bonchev–Trinajstić information content (AvgIpc) is 2.95. The molecule has 0 spiro atoms. The van der Waals surface area contributed by atoms with E-state index in [0.717, 1.165) is 17.2 Å². The number of halogens is 2. The standard InChI is InChI=1S/C31H31F2N3O3/c1-31(37)14-16-36(17-15-31)28-19-24(32)27(18-25(28)33)34-26-12-13-29(38-20-22-8-4-2-5-9-22)35-30(26)39-21-23-10-6-3-7-11-23/h2-13,18-19,34,37H,14-17,20-21H2,1H3. The Balaban J connectivity index is 1.36. The van der Waals surface area contributed by atoms with E-state index >= 15 is 8.78 Å². The van der Waals surface area contributed by atoms with Gasteiger partial charge in [-0.25, -0.2) is 8.78 Å². The number of hydrogen-bond acceptors (Lipinski definition) is 6. The maximum atomic E-state index is 15.2. The van der Waals surface area contributed by atoms with E-state index in [1.54, 1.807) is 24.0 Å². The third kappa shape index (κ3) is 6.83. The van der Waals surface area contributed by atoms with Gasteiger partial charge in [-0.2, -0.15) is 4.98 Å². The molecule has 5 rings (SSSR count). The number of anilines is 3. The van der Waals surface area contributed by atoms with E-state index < -0.39 is 17.2 Å². The molecule has 8 heteroatoms. The van der Waals surface area contributed by atoms with Crippen LogP contribution in [0.2, 0.25) is 0 Å². The van der Waals surface area contributed by atoms with Crippen LogP contribution in [0.15, 0.2) is 84.9 Å². The highest BCUT2D eigenvalue weighted by Gasteiger charge is 2.29. The minimum Gasteiger partial charge on any atom is -0.473 e. The highest BCUT2D eigenvalue weighted by atomic mass is 19.1. The Morgan fingerprint density at radius 1 is 0.821 bits per heavy atom. The number of rotatable bonds is 9. The number of nitrogens with zero attached hydrogens (tertiary/aromatic N) is 2. The molecular formula is C31H31F2N3O3. The summed E-state index contributed by atoms with van der Waals surface area (Å²) in [6, 6.07) is 25.0. The second-order valence-corrected chi connectivity index (χ2v) is 9.94. The molecule has 2 heterocycles. The van der Waals surface area contributed by atoms with Crippen LogP contribution in [0, 0.1) is 11.6 Å². The predicted molar refractivity (Wildman–Crippen MR) is 147 cm³/mol. The van der Waals surface area contributed by atoms with Crippen molar-refractivity contribution in [3.63, 3.8) is 0 Å². The summed E-state index contributed by atoms with van der Waals surface area (Å²) < 4.78 is 42.2. The first kappa shape index (κ1) is 26.4. The summed E-state index contributed by atoms with van der Waals surface area (Å²) in [5.74, 6) is -0.618. The van der Waals surface area contributed by atoms with E-state index in [1.807, 2.05) is 60.7 Å². The van der Waals surface area contributed by atoms with E-state index in [1.165, 1.54) is 6.07 Å². The molecule has 6 nitrogen and oxygen atoms in total. The van der Waals surface area contributed by atoms with Crippen molar-refractivity contribution in [2.45, 2.75) is 38.6 Å². The topological polar surface area (TPSA) is 66.9 Å². The van der Waals surface area contributed by atoms with Crippen LogP contribution in [0.3, 0.4) is 0 Å². The zero-order valence-corrected chi connectivity index (χ0v) is 21.7. The molecule has 0 bridgehead atoms. The zero-order chi connectivity index (χ0) is 27.2. The monoisotopic (exact) mass is 531 g/mol. The van der Waals surface area contributed by atoms with Gasteiger partial charge in [0.05, 0.1) is 17.0 Å². The largest absolute Gasteiger partial charge is 0.473 e. The molecule has 39 heavy (non-hydrogen) atoms. The number of pyridine rings is 1. The van der Waals surface area contributed by atoms with E-state index in [9.17, 15) is 5.11 Å². The average molecular weight is 532 g/mol. The van der Waals surface area contributed by atoms with Gasteiger partial charge >= 0.3 is 0 Å². The molecule has 0 amide bonds. The Hall–Kier alpha value is -4.17. The lowest BCUT2D eigenvalue weighted by atomic mass is 9.93. The first-order valence-corrected chi connectivity index (χ1v) is 12.9. The number of aliphatic hydroxyl groups is 1. The Bertz CT molecular complexity index is 1390. The number of aromatic nitrogens is 1. The molecule has 0 radical (unpaired) electrons. The molecule has 1 aromatic heterocycles. The normalized spacial score (nSPS) is 14.6. The van der Waals surface area contributed by atoms with Crippen molar-refractivity contribution in [1.29, 1.82) is 0 Å². The highest BCUT2D eigenvalue weighted by Crippen LogP contribution is 2.34. The SMILES string of the molecule is CC1(O)CCN(c2cc(F)c(Nc3ccc(OCc4ccccc4)nc3OCc3ccccc3)cc2F)CC1. The van der Waals surface area contributed by atoms with Crippen LogP contribution in [0.25, 0.3) is 0 Å². The number of ether oxygens (including phenoxy) is 2. The van der Waals surface area contributed by atoms with Gasteiger partial charge in [0.15, 0.2) is 0 Å². The molecular weight excluding hydrogens is 500 g/mol. The van der Waals surface area contributed by atoms with Gasteiger partial charge in [-0.3, -0.25) is 0 Å². The summed E-state index contributed by atoms with van der Waals surface area (Å²) in [7, 11) is 0. The lowest BCUT2D eigenvalue weighted by molar-refractivity contribution is 0.0350. The highest BCUT2D eigenvalue weighted by molar-refractivity contribution is 5.68. The lowest BCUT2D eigenvalue weighted by Crippen LogP contribution is -2.42. The van der Waals surface area contributed by atoms with Crippen LogP contribution in [-0.2, 0) is 13.2 Å². The van der Waals surface area contributed by atoms with Gasteiger partial charge in [0, 0.05) is 31.3 Å². The van der Waals surface area contributed by atoms with Gasteiger partial charge in [0.25, 0.3) is 0 Å². The van der Waals surface area contributed by atoms with Gasteiger partial charge in [-0.15, -0.1) is 0 Å². The molecule has 0 aliphatic carbocycles. The first-order chi connectivity index (χ1) is 18.9. The smallest absolute Gasteiger partial charge is 0.241 e. The minimum atomic E-state index is -0.785. The predicted octanol–water partition coefficient (Wildman–Crippen LogP) is 6.61. The molecule has 4 aromatic rings. The molecule has 1 aliphatic heterocycles. The van der Waals surface area contributed by atoms with Crippen LogP contribution in [-0.4, -0.2) is 28.8 Å². The van der Waals surface area contributed by atoms with Crippen molar-refractivity contribution in [3.05, 3.63) is 108 Å². The van der Waals surface area contributed by atoms with Crippen LogP contribution >= 0.6 is 0 Å². The van der Waals surface area contributed by atoms with Crippen LogP contribution < -0.4 is 19.7 Å². The first-order valence-electron chi connectivity index (χ1n) is 12.9. The Morgan fingerprint density at radius 2 is 1.44 bits per heavy atom. The van der Waals surface area contributed by atoms with Crippen LogP contribution in [0.1, 0.15) is 30.9 Å². The van der Waals surface area contributed by atoms with Crippen molar-refractivity contribution in [2.75, 3.05) is 23.3 Å². The fourth-order valence-corrected chi connectivity index (χ4v) is 4.42. The van der Waals surface area contributed by atoms with Gasteiger partial charge in [0.2, 0.25) is 11.8 Å². The number of nitrogens with one attached hydrogen (secondary N) is 1. The third-order valence-corrected chi connectivity index (χ3v) is 6.77. The molecule has 1 fully saturated rings. The summed E-state index contributed by atoms with van der Waals surface area (Å²) in [5.41, 5.74) is 1.65. The number of hydrogen-bond donors (Lipinski definition) is 2. The van der Waals surface area contributed by atoms with Crippen molar-refractivity contribution < 1.29 is 23.4 Å². The summed E-state index contributed by atoms with van der Waals surface area (Å²) in [6.45, 7) is 3.22. The molecule has 2 N–H and O–H groups in total. The molecule has 0 saturated carbocycles. The van der Waals surface area contributed by atoms with Gasteiger partial charge in [0.1, 0.15) is 30.5 Å². The lowest BCUT2D eigenvalue weighted by Gasteiger charge is -2.37. The second-order valence-electron chi connectivity index (χ2n) is 9.94. The molecule has 0 atom stereocenters. The minimum absolute atomic E-state index is 0.0374. The van der Waals surface area contributed by atoms with E-state index in [2.05, 4.69) is 10.3 Å². The van der Waals surface area contributed by atoms with E-state index in [4.69, 9.17) is 9.47 Å². The van der Waals surface area contributed by atoms with Gasteiger partial charge in [-0.1, -0.05) is 60.7 Å². The fraction of sp³-hybridized carbons (Fsp3) is 0.258. The maximum absolute atomic E-state index is 15.2. The van der Waals surface area contributed by atoms with Gasteiger partial charge < -0.3 is 24.8 Å². The quantitative estimate of drug-likeness (QED) is 0.253. The zero-order valence-electron chi connectivity index (χ0n) is 21.7. The molecule has 3 aromatic carbocycles. The second kappa shape index (κ2) is 11.7. The van der Waals surface area contributed by atoms with Crippen molar-refractivity contribution in [2.24, 2.45) is 0 Å². The van der Waals surface area contributed by atoms with Gasteiger partial charge in [-0.05, 0) is 37.0 Å². The van der Waals surface area contributed by atoms with Crippen molar-refractivity contribution >= 4 is 17.1 Å². The van der Waals surface area contributed by atoms with E-state index in [-0.39, 0.29) is 23.9 Å². The van der Waals surface area contributed by atoms with Crippen LogP contribution in [0.4, 0.5) is 25.8 Å². The summed E-state index contributed by atoms with van der Waals surface area (Å²) >= 11 is 0. The third-order valence-electron chi connectivity index (χ3n) is 6.77. The maximum Gasteiger partial charge on any atom is 0.241 e. The summed E-state index contributed by atoms with van der Waals surface area (Å²) in [5, 5.41) is 13.1. The Labute approximate surface area is 226 Å². The molecule has 1 saturated heterocycles. The molecule has 0 unspecified atom stereocenters. The van der Waals surface area contributed by atoms with Crippen molar-refractivity contribution in [3.8, 4) is 11.8 Å². The molecule has 1 aliphatic rings. The van der Waals surface area contributed by atoms with Crippen LogP contribution in [0.5, 0.6) is 11.8 Å². The summed E-state index contributed by atoms with van der Waals surface area (Å²) in [4.78, 5) is 6.26. The fourth-order valence-electron chi connectivity index (χ4n) is 4.42. The Kier molecular flexibility index (Phi) is 7.93. The van der Waals surface area contributed by atoms with E-state index in [0.29, 0.717) is 44.1 Å². The number of piperidine rings is 1. The number of benzene rings is 3. The van der Waals surface area contributed by atoms with Crippen molar-refractivity contribution in [1.82, 2.24) is 4.98 Å². The Morgan fingerprint density at radius 3 is 2.08 bits per heavy atom. The summed E-state index contributed by atoms with van der Waals surface area (Å²) in [6.07, 6.45) is 0.973. The molecule has 202 valence electrons.